The van der Waals surface area contributed by atoms with Gasteiger partial charge in [-0.25, -0.2) is 4.39 Å². The smallest absolute Gasteiger partial charge is 0.123 e. The highest BCUT2D eigenvalue weighted by molar-refractivity contribution is 5.31. The molecule has 2 aromatic rings. The van der Waals surface area contributed by atoms with Crippen molar-refractivity contribution in [3.05, 3.63) is 53.1 Å². The molecule has 0 spiro atoms. The van der Waals surface area contributed by atoms with Crippen molar-refractivity contribution in [1.82, 2.24) is 15.1 Å². The van der Waals surface area contributed by atoms with Crippen LogP contribution in [0.1, 0.15) is 36.1 Å². The molecule has 0 saturated carbocycles. The molecule has 108 valence electrons. The van der Waals surface area contributed by atoms with Gasteiger partial charge in [0.05, 0.1) is 6.20 Å². The molecule has 1 unspecified atom stereocenters. The van der Waals surface area contributed by atoms with Gasteiger partial charge in [-0.2, -0.15) is 5.10 Å². The number of nitrogens with zero attached hydrogens (tertiary/aromatic N) is 2. The molecule has 20 heavy (non-hydrogen) atoms. The van der Waals surface area contributed by atoms with Gasteiger partial charge in [0.1, 0.15) is 5.82 Å². The topological polar surface area (TPSA) is 29.9 Å². The van der Waals surface area contributed by atoms with E-state index in [1.54, 1.807) is 10.7 Å². The maximum Gasteiger partial charge on any atom is 0.123 e. The molecule has 0 radical (unpaired) electrons. The Bertz CT molecular complexity index is 563. The van der Waals surface area contributed by atoms with E-state index in [9.17, 15) is 4.39 Å². The van der Waals surface area contributed by atoms with Crippen LogP contribution in [0, 0.1) is 12.7 Å². The third-order valence-electron chi connectivity index (χ3n) is 3.46. The lowest BCUT2D eigenvalue weighted by Gasteiger charge is -2.20. The van der Waals surface area contributed by atoms with Crippen LogP contribution in [0.4, 0.5) is 4.39 Å². The lowest BCUT2D eigenvalue weighted by Crippen LogP contribution is -2.24. The molecule has 0 aliphatic carbocycles. The van der Waals surface area contributed by atoms with E-state index in [1.165, 1.54) is 6.07 Å². The fourth-order valence-corrected chi connectivity index (χ4v) is 2.41. The monoisotopic (exact) mass is 275 g/mol. The van der Waals surface area contributed by atoms with Crippen molar-refractivity contribution in [2.45, 2.75) is 32.7 Å². The highest BCUT2D eigenvalue weighted by Gasteiger charge is 2.15. The summed E-state index contributed by atoms with van der Waals surface area (Å²) in [5.41, 5.74) is 3.30. The Balaban J connectivity index is 2.24. The maximum atomic E-state index is 13.5. The molecule has 1 atom stereocenters. The zero-order chi connectivity index (χ0) is 14.5. The second-order valence-electron chi connectivity index (χ2n) is 5.23. The Hall–Kier alpha value is -1.68. The summed E-state index contributed by atoms with van der Waals surface area (Å²) in [5.74, 6) is -0.180. The minimum atomic E-state index is -0.180. The maximum absolute atomic E-state index is 13.5. The molecule has 0 amide bonds. The fourth-order valence-electron chi connectivity index (χ4n) is 2.41. The SMILES string of the molecule is CCCNC(Cc1cnn(C)c1)c1cc(F)ccc1C. The molecule has 1 aromatic carbocycles. The number of halogens is 1. The van der Waals surface area contributed by atoms with E-state index in [0.717, 1.165) is 36.1 Å². The van der Waals surface area contributed by atoms with E-state index >= 15 is 0 Å². The second-order valence-corrected chi connectivity index (χ2v) is 5.23. The van der Waals surface area contributed by atoms with Crippen LogP contribution in [-0.2, 0) is 13.5 Å². The van der Waals surface area contributed by atoms with Crippen LogP contribution in [0.2, 0.25) is 0 Å². The van der Waals surface area contributed by atoms with E-state index in [-0.39, 0.29) is 11.9 Å². The summed E-state index contributed by atoms with van der Waals surface area (Å²) in [6.07, 6.45) is 5.75. The van der Waals surface area contributed by atoms with Gasteiger partial charge < -0.3 is 5.32 Å². The van der Waals surface area contributed by atoms with Gasteiger partial charge in [-0.05, 0) is 55.1 Å². The molecule has 1 aromatic heterocycles. The number of aryl methyl sites for hydroxylation is 2. The number of hydrogen-bond acceptors (Lipinski definition) is 2. The van der Waals surface area contributed by atoms with E-state index in [4.69, 9.17) is 0 Å². The molecular weight excluding hydrogens is 253 g/mol. The Morgan fingerprint density at radius 1 is 1.40 bits per heavy atom. The molecule has 0 fully saturated rings. The van der Waals surface area contributed by atoms with Crippen molar-refractivity contribution in [2.75, 3.05) is 6.54 Å². The zero-order valence-corrected chi connectivity index (χ0v) is 12.4. The first-order chi connectivity index (χ1) is 9.60. The summed E-state index contributed by atoms with van der Waals surface area (Å²) >= 11 is 0. The highest BCUT2D eigenvalue weighted by atomic mass is 19.1. The van der Waals surface area contributed by atoms with Crippen molar-refractivity contribution in [3.63, 3.8) is 0 Å². The Kier molecular flexibility index (Phi) is 4.90. The average Bonchev–Trinajstić information content (AvgIpc) is 2.83. The van der Waals surface area contributed by atoms with Gasteiger partial charge in [-0.1, -0.05) is 13.0 Å². The van der Waals surface area contributed by atoms with E-state index in [2.05, 4.69) is 17.3 Å². The van der Waals surface area contributed by atoms with Crippen LogP contribution in [0.5, 0.6) is 0 Å². The number of aromatic nitrogens is 2. The minimum absolute atomic E-state index is 0.120. The standard InChI is InChI=1S/C16H22FN3/c1-4-7-18-16(8-13-10-19-20(3)11-13)15-9-14(17)6-5-12(15)2/h5-6,9-11,16,18H,4,7-8H2,1-3H3. The van der Waals surface area contributed by atoms with Gasteiger partial charge >= 0.3 is 0 Å². The highest BCUT2D eigenvalue weighted by Crippen LogP contribution is 2.22. The summed E-state index contributed by atoms with van der Waals surface area (Å²) in [7, 11) is 1.91. The van der Waals surface area contributed by atoms with Crippen molar-refractivity contribution in [3.8, 4) is 0 Å². The van der Waals surface area contributed by atoms with Crippen LogP contribution in [-0.4, -0.2) is 16.3 Å². The number of hydrogen-bond donors (Lipinski definition) is 1. The predicted molar refractivity (Wildman–Crippen MR) is 79.1 cm³/mol. The summed E-state index contributed by atoms with van der Waals surface area (Å²) in [6, 6.07) is 5.11. The van der Waals surface area contributed by atoms with E-state index in [0.29, 0.717) is 0 Å². The van der Waals surface area contributed by atoms with Gasteiger partial charge in [0.25, 0.3) is 0 Å². The summed E-state index contributed by atoms with van der Waals surface area (Å²) in [5, 5.41) is 7.71. The molecule has 1 N–H and O–H groups in total. The number of nitrogens with one attached hydrogen (secondary N) is 1. The van der Waals surface area contributed by atoms with Crippen molar-refractivity contribution >= 4 is 0 Å². The molecule has 4 heteroatoms. The molecule has 0 saturated heterocycles. The Labute approximate surface area is 119 Å². The van der Waals surface area contributed by atoms with Gasteiger partial charge in [-0.3, -0.25) is 4.68 Å². The Morgan fingerprint density at radius 3 is 2.85 bits per heavy atom. The molecule has 2 rings (SSSR count). The van der Waals surface area contributed by atoms with Crippen molar-refractivity contribution in [1.29, 1.82) is 0 Å². The number of benzene rings is 1. The second kappa shape index (κ2) is 6.66. The quantitative estimate of drug-likeness (QED) is 0.877. The molecule has 0 aliphatic heterocycles. The lowest BCUT2D eigenvalue weighted by molar-refractivity contribution is 0.522. The lowest BCUT2D eigenvalue weighted by atomic mass is 9.96. The molecule has 0 bridgehead atoms. The summed E-state index contributed by atoms with van der Waals surface area (Å²) < 4.78 is 15.3. The first kappa shape index (κ1) is 14.7. The van der Waals surface area contributed by atoms with Gasteiger partial charge in [-0.15, -0.1) is 0 Å². The van der Waals surface area contributed by atoms with Crippen LogP contribution < -0.4 is 5.32 Å². The summed E-state index contributed by atoms with van der Waals surface area (Å²) in [4.78, 5) is 0. The first-order valence-electron chi connectivity index (χ1n) is 7.07. The molecular formula is C16H22FN3. The van der Waals surface area contributed by atoms with Gasteiger partial charge in [0, 0.05) is 19.3 Å². The third-order valence-corrected chi connectivity index (χ3v) is 3.46. The first-order valence-corrected chi connectivity index (χ1v) is 7.07. The number of rotatable bonds is 6. The Morgan fingerprint density at radius 2 is 2.20 bits per heavy atom. The van der Waals surface area contributed by atoms with Crippen molar-refractivity contribution < 1.29 is 4.39 Å². The van der Waals surface area contributed by atoms with Gasteiger partial charge in [0.2, 0.25) is 0 Å². The zero-order valence-electron chi connectivity index (χ0n) is 12.4. The normalized spacial score (nSPS) is 12.6. The van der Waals surface area contributed by atoms with Crippen LogP contribution >= 0.6 is 0 Å². The van der Waals surface area contributed by atoms with Crippen LogP contribution in [0.25, 0.3) is 0 Å². The largest absolute Gasteiger partial charge is 0.310 e. The van der Waals surface area contributed by atoms with Crippen LogP contribution in [0.3, 0.4) is 0 Å². The van der Waals surface area contributed by atoms with Gasteiger partial charge in [0.15, 0.2) is 0 Å². The molecule has 3 nitrogen and oxygen atoms in total. The average molecular weight is 275 g/mol. The minimum Gasteiger partial charge on any atom is -0.310 e. The van der Waals surface area contributed by atoms with Crippen LogP contribution in [0.15, 0.2) is 30.6 Å². The third kappa shape index (κ3) is 3.67. The van der Waals surface area contributed by atoms with E-state index < -0.39 is 0 Å². The fraction of sp³-hybridized carbons (Fsp3) is 0.438. The summed E-state index contributed by atoms with van der Waals surface area (Å²) in [6.45, 7) is 5.08. The molecule has 1 heterocycles. The predicted octanol–water partition coefficient (Wildman–Crippen LogP) is 3.15. The van der Waals surface area contributed by atoms with Crippen molar-refractivity contribution in [2.24, 2.45) is 7.05 Å². The molecule has 0 aliphatic rings. The van der Waals surface area contributed by atoms with E-state index in [1.807, 2.05) is 32.4 Å².